The summed E-state index contributed by atoms with van der Waals surface area (Å²) in [6, 6.07) is 9.97. The summed E-state index contributed by atoms with van der Waals surface area (Å²) in [6.45, 7) is 6.71. The molecule has 24 heavy (non-hydrogen) atoms. The van der Waals surface area contributed by atoms with Gasteiger partial charge in [-0.1, -0.05) is 30.3 Å². The molecule has 1 heterocycles. The smallest absolute Gasteiger partial charge is 0.291 e. The molecule has 0 saturated carbocycles. The van der Waals surface area contributed by atoms with Crippen molar-refractivity contribution in [3.05, 3.63) is 46.6 Å². The highest BCUT2D eigenvalue weighted by molar-refractivity contribution is 7.71. The number of hydrogen-bond acceptors (Lipinski definition) is 4. The minimum Gasteiger partial charge on any atom is -0.413 e. The summed E-state index contributed by atoms with van der Waals surface area (Å²) in [4.78, 5) is 13.3. The summed E-state index contributed by atoms with van der Waals surface area (Å²) in [5, 5.41) is 7.37. The summed E-state index contributed by atoms with van der Waals surface area (Å²) < 4.78 is 7.19. The second-order valence-electron chi connectivity index (χ2n) is 7.01. The lowest BCUT2D eigenvalue weighted by Gasteiger charge is -2.21. The van der Waals surface area contributed by atoms with Gasteiger partial charge in [0.15, 0.2) is 13.2 Å². The van der Waals surface area contributed by atoms with E-state index in [-0.39, 0.29) is 11.4 Å². The standard InChI is InChI=1S/C17H24N4O2S/c1-17(2,3)18-14(22)11-20(4)12-21-16(24)23-15(19-21)10-13-8-6-5-7-9-13/h5-9H,10-12H2,1-4H3,(H,18,22)/p+1. The number of nitrogens with zero attached hydrogens (tertiary/aromatic N) is 2. The Balaban J connectivity index is 1.95. The molecule has 0 bridgehead atoms. The zero-order valence-corrected chi connectivity index (χ0v) is 15.4. The number of benzene rings is 1. The number of likely N-dealkylation sites (N-methyl/N-ethyl adjacent to an activating group) is 1. The predicted molar refractivity (Wildman–Crippen MR) is 94.2 cm³/mol. The molecule has 7 heteroatoms. The van der Waals surface area contributed by atoms with E-state index in [2.05, 4.69) is 10.4 Å². The summed E-state index contributed by atoms with van der Waals surface area (Å²) in [7, 11) is 1.93. The van der Waals surface area contributed by atoms with E-state index in [4.69, 9.17) is 16.6 Å². The molecule has 2 rings (SSSR count). The maximum absolute atomic E-state index is 12.0. The highest BCUT2D eigenvalue weighted by atomic mass is 32.1. The second kappa shape index (κ2) is 7.72. The van der Waals surface area contributed by atoms with Gasteiger partial charge in [-0.05, 0) is 38.6 Å². The van der Waals surface area contributed by atoms with Crippen LogP contribution in [0.15, 0.2) is 34.7 Å². The third kappa shape index (κ3) is 5.90. The number of carbonyl (C=O) groups is 1. The van der Waals surface area contributed by atoms with Crippen LogP contribution in [0.4, 0.5) is 0 Å². The van der Waals surface area contributed by atoms with E-state index in [0.29, 0.717) is 30.4 Å². The van der Waals surface area contributed by atoms with E-state index in [1.54, 1.807) is 4.68 Å². The van der Waals surface area contributed by atoms with Crippen molar-refractivity contribution >= 4 is 18.1 Å². The molecular formula is C17H25N4O2S+. The first-order chi connectivity index (χ1) is 11.2. The van der Waals surface area contributed by atoms with Crippen molar-refractivity contribution in [2.24, 2.45) is 0 Å². The number of amides is 1. The molecule has 0 saturated heterocycles. The van der Waals surface area contributed by atoms with Gasteiger partial charge in [-0.3, -0.25) is 4.79 Å². The Hall–Kier alpha value is -1.99. The fourth-order valence-corrected chi connectivity index (χ4v) is 2.54. The van der Waals surface area contributed by atoms with Crippen LogP contribution in [0, 0.1) is 4.84 Å². The van der Waals surface area contributed by atoms with E-state index < -0.39 is 0 Å². The summed E-state index contributed by atoms with van der Waals surface area (Å²) in [5.74, 6) is 0.581. The molecule has 2 N–H and O–H groups in total. The van der Waals surface area contributed by atoms with Gasteiger partial charge in [0.2, 0.25) is 5.89 Å². The Morgan fingerprint density at radius 3 is 2.62 bits per heavy atom. The third-order valence-corrected chi connectivity index (χ3v) is 3.54. The molecule has 1 atom stereocenters. The molecule has 1 amide bonds. The Morgan fingerprint density at radius 1 is 1.33 bits per heavy atom. The lowest BCUT2D eigenvalue weighted by Crippen LogP contribution is -3.09. The van der Waals surface area contributed by atoms with Gasteiger partial charge in [0.25, 0.3) is 10.7 Å². The van der Waals surface area contributed by atoms with Crippen molar-refractivity contribution < 1.29 is 14.1 Å². The fourth-order valence-electron chi connectivity index (χ4n) is 2.34. The van der Waals surface area contributed by atoms with Crippen molar-refractivity contribution in [1.82, 2.24) is 15.1 Å². The predicted octanol–water partition coefficient (Wildman–Crippen LogP) is 1.18. The summed E-state index contributed by atoms with van der Waals surface area (Å²) in [5.41, 5.74) is 0.885. The minimum atomic E-state index is -0.232. The molecule has 2 aromatic rings. The van der Waals surface area contributed by atoms with Crippen LogP contribution >= 0.6 is 12.2 Å². The van der Waals surface area contributed by atoms with Crippen molar-refractivity contribution in [1.29, 1.82) is 0 Å². The Kier molecular flexibility index (Phi) is 5.90. The third-order valence-electron chi connectivity index (χ3n) is 3.24. The van der Waals surface area contributed by atoms with Crippen LogP contribution in [0.3, 0.4) is 0 Å². The van der Waals surface area contributed by atoms with Crippen LogP contribution in [0.5, 0.6) is 0 Å². The van der Waals surface area contributed by atoms with Crippen LogP contribution in [0.25, 0.3) is 0 Å². The largest absolute Gasteiger partial charge is 0.413 e. The molecule has 0 radical (unpaired) electrons. The molecule has 0 aliphatic carbocycles. The number of nitrogens with one attached hydrogen (secondary N) is 2. The normalized spacial score (nSPS) is 12.8. The first kappa shape index (κ1) is 18.4. The highest BCUT2D eigenvalue weighted by Crippen LogP contribution is 2.07. The van der Waals surface area contributed by atoms with Gasteiger partial charge in [0.05, 0.1) is 13.5 Å². The molecule has 1 aromatic carbocycles. The van der Waals surface area contributed by atoms with Gasteiger partial charge >= 0.3 is 0 Å². The zero-order chi connectivity index (χ0) is 17.7. The average molecular weight is 349 g/mol. The molecule has 6 nitrogen and oxygen atoms in total. The molecular weight excluding hydrogens is 324 g/mol. The maximum atomic E-state index is 12.0. The van der Waals surface area contributed by atoms with Crippen LogP contribution in [-0.2, 0) is 17.9 Å². The van der Waals surface area contributed by atoms with Crippen LogP contribution in [0.1, 0.15) is 32.2 Å². The Labute approximate surface area is 147 Å². The molecule has 0 spiro atoms. The van der Waals surface area contributed by atoms with Gasteiger partial charge in [0.1, 0.15) is 0 Å². The van der Waals surface area contributed by atoms with Crippen molar-refractivity contribution in [3.63, 3.8) is 0 Å². The van der Waals surface area contributed by atoms with Crippen molar-refractivity contribution in [2.45, 2.75) is 39.4 Å². The fraction of sp³-hybridized carbons (Fsp3) is 0.471. The maximum Gasteiger partial charge on any atom is 0.291 e. The van der Waals surface area contributed by atoms with E-state index in [9.17, 15) is 4.79 Å². The SMILES string of the molecule is C[NH+](CC(=O)NC(C)(C)C)Cn1nc(Cc2ccccc2)oc1=S. The van der Waals surface area contributed by atoms with Gasteiger partial charge in [0, 0.05) is 5.54 Å². The lowest BCUT2D eigenvalue weighted by molar-refractivity contribution is -0.895. The molecule has 0 fully saturated rings. The molecule has 0 aliphatic heterocycles. The average Bonchev–Trinajstić information content (AvgIpc) is 2.77. The van der Waals surface area contributed by atoms with Crippen LogP contribution in [-0.4, -0.2) is 34.8 Å². The van der Waals surface area contributed by atoms with E-state index >= 15 is 0 Å². The number of aromatic nitrogens is 2. The van der Waals surface area contributed by atoms with Gasteiger partial charge in [-0.15, -0.1) is 5.10 Å². The first-order valence-electron chi connectivity index (χ1n) is 7.96. The number of hydrogen-bond donors (Lipinski definition) is 2. The van der Waals surface area contributed by atoms with Crippen molar-refractivity contribution in [3.8, 4) is 0 Å². The molecule has 130 valence electrons. The van der Waals surface area contributed by atoms with Crippen LogP contribution < -0.4 is 10.2 Å². The topological polar surface area (TPSA) is 64.5 Å². The molecule has 1 unspecified atom stereocenters. The molecule has 1 aromatic heterocycles. The minimum absolute atomic E-state index is 0.000442. The van der Waals surface area contributed by atoms with E-state index in [1.165, 1.54) is 0 Å². The quantitative estimate of drug-likeness (QED) is 0.769. The monoisotopic (exact) mass is 349 g/mol. The molecule has 0 aliphatic rings. The number of quaternary nitrogens is 1. The summed E-state index contributed by atoms with van der Waals surface area (Å²) in [6.07, 6.45) is 0.598. The van der Waals surface area contributed by atoms with Crippen molar-refractivity contribution in [2.75, 3.05) is 13.6 Å². The number of carbonyl (C=O) groups excluding carboxylic acids is 1. The van der Waals surface area contributed by atoms with E-state index in [1.807, 2.05) is 58.2 Å². The van der Waals surface area contributed by atoms with E-state index in [0.717, 1.165) is 10.5 Å². The van der Waals surface area contributed by atoms with Gasteiger partial charge in [-0.25, -0.2) is 0 Å². The lowest BCUT2D eigenvalue weighted by atomic mass is 10.1. The Morgan fingerprint density at radius 2 is 2.00 bits per heavy atom. The Bertz CT molecular complexity index is 731. The van der Waals surface area contributed by atoms with Gasteiger partial charge < -0.3 is 14.6 Å². The first-order valence-corrected chi connectivity index (χ1v) is 8.37. The summed E-state index contributed by atoms with van der Waals surface area (Å²) >= 11 is 5.23. The van der Waals surface area contributed by atoms with Gasteiger partial charge in [-0.2, -0.15) is 4.68 Å². The number of rotatable bonds is 6. The highest BCUT2D eigenvalue weighted by Gasteiger charge is 2.18. The second-order valence-corrected chi connectivity index (χ2v) is 7.36. The van der Waals surface area contributed by atoms with Crippen LogP contribution in [0.2, 0.25) is 0 Å². The zero-order valence-electron chi connectivity index (χ0n) is 14.6.